The van der Waals surface area contributed by atoms with Crippen molar-refractivity contribution in [2.24, 2.45) is 0 Å². The zero-order valence-electron chi connectivity index (χ0n) is 12.6. The van der Waals surface area contributed by atoms with Gasteiger partial charge in [0.15, 0.2) is 0 Å². The molecule has 1 rings (SSSR count). The summed E-state index contributed by atoms with van der Waals surface area (Å²) in [5.41, 5.74) is 1.66. The van der Waals surface area contributed by atoms with Gasteiger partial charge in [-0.3, -0.25) is 9.69 Å². The van der Waals surface area contributed by atoms with Gasteiger partial charge >= 0.3 is 0 Å². The first-order valence-electron chi connectivity index (χ1n) is 6.83. The highest BCUT2D eigenvalue weighted by atomic mass is 79.9. The maximum absolute atomic E-state index is 12.0. The summed E-state index contributed by atoms with van der Waals surface area (Å²) >= 11 is 3.43. The van der Waals surface area contributed by atoms with Gasteiger partial charge in [-0.2, -0.15) is 0 Å². The fourth-order valence-corrected chi connectivity index (χ4v) is 2.80. The monoisotopic (exact) mass is 342 g/mol. The quantitative estimate of drug-likeness (QED) is 0.864. The van der Waals surface area contributed by atoms with E-state index in [1.165, 1.54) is 0 Å². The van der Waals surface area contributed by atoms with E-state index in [2.05, 4.69) is 15.9 Å². The largest absolute Gasteiger partial charge is 0.507 e. The normalized spacial score (nSPS) is 10.9. The Morgan fingerprint density at radius 2 is 1.90 bits per heavy atom. The van der Waals surface area contributed by atoms with Crippen molar-refractivity contribution in [2.45, 2.75) is 27.3 Å². The highest BCUT2D eigenvalue weighted by Crippen LogP contribution is 2.27. The van der Waals surface area contributed by atoms with Gasteiger partial charge in [-0.25, -0.2) is 0 Å². The lowest BCUT2D eigenvalue weighted by Crippen LogP contribution is -2.38. The molecule has 0 fully saturated rings. The number of carbonyl (C=O) groups excluding carboxylic acids is 1. The van der Waals surface area contributed by atoms with E-state index in [4.69, 9.17) is 0 Å². The Morgan fingerprint density at radius 3 is 2.45 bits per heavy atom. The third-order valence-electron chi connectivity index (χ3n) is 3.31. The molecule has 0 aliphatic heterocycles. The van der Waals surface area contributed by atoms with E-state index >= 15 is 0 Å². The number of phenols is 1. The van der Waals surface area contributed by atoms with Crippen LogP contribution in [0.3, 0.4) is 0 Å². The lowest BCUT2D eigenvalue weighted by molar-refractivity contribution is -0.131. The number of phenolic OH excluding ortho intramolecular Hbond substituents is 1. The van der Waals surface area contributed by atoms with Crippen LogP contribution in [0.15, 0.2) is 16.6 Å². The van der Waals surface area contributed by atoms with Gasteiger partial charge in [0.1, 0.15) is 5.75 Å². The summed E-state index contributed by atoms with van der Waals surface area (Å²) in [6, 6.07) is 3.76. The van der Waals surface area contributed by atoms with Crippen molar-refractivity contribution in [3.05, 3.63) is 27.7 Å². The molecule has 4 nitrogen and oxygen atoms in total. The minimum Gasteiger partial charge on any atom is -0.507 e. The maximum atomic E-state index is 12.0. The van der Waals surface area contributed by atoms with Crippen molar-refractivity contribution < 1.29 is 9.90 Å². The average molecular weight is 343 g/mol. The fraction of sp³-hybridized carbons (Fsp3) is 0.533. The number of rotatable bonds is 6. The number of hydrogen-bond acceptors (Lipinski definition) is 3. The zero-order valence-corrected chi connectivity index (χ0v) is 14.2. The molecule has 1 aromatic rings. The van der Waals surface area contributed by atoms with Crippen molar-refractivity contribution in [2.75, 3.05) is 26.7 Å². The molecule has 0 bridgehead atoms. The second-order valence-electron chi connectivity index (χ2n) is 4.97. The van der Waals surface area contributed by atoms with Gasteiger partial charge in [0, 0.05) is 29.7 Å². The zero-order chi connectivity index (χ0) is 15.3. The molecule has 1 N–H and O–H groups in total. The predicted octanol–water partition coefficient (Wildman–Crippen LogP) is 2.76. The Hall–Kier alpha value is -1.07. The molecular formula is C15H23BrN2O2. The van der Waals surface area contributed by atoms with E-state index in [0.29, 0.717) is 18.8 Å². The van der Waals surface area contributed by atoms with Gasteiger partial charge in [-0.1, -0.05) is 15.9 Å². The van der Waals surface area contributed by atoms with Crippen molar-refractivity contribution >= 4 is 21.8 Å². The Morgan fingerprint density at radius 1 is 1.30 bits per heavy atom. The summed E-state index contributed by atoms with van der Waals surface area (Å²) in [6.07, 6.45) is 0. The first kappa shape index (κ1) is 17.0. The number of halogens is 1. The van der Waals surface area contributed by atoms with E-state index in [0.717, 1.165) is 28.7 Å². The number of carbonyl (C=O) groups is 1. The van der Waals surface area contributed by atoms with Crippen LogP contribution in [-0.4, -0.2) is 47.5 Å². The molecular weight excluding hydrogens is 320 g/mol. The van der Waals surface area contributed by atoms with Crippen LogP contribution < -0.4 is 0 Å². The SMILES string of the molecule is CCN(CC)C(=O)CN(C)Cc1cc(Br)cc(C)c1O. The minimum atomic E-state index is 0.115. The molecule has 0 radical (unpaired) electrons. The highest BCUT2D eigenvalue weighted by molar-refractivity contribution is 9.10. The molecule has 20 heavy (non-hydrogen) atoms. The molecule has 0 aliphatic carbocycles. The maximum Gasteiger partial charge on any atom is 0.236 e. The third-order valence-corrected chi connectivity index (χ3v) is 3.76. The van der Waals surface area contributed by atoms with E-state index in [1.54, 1.807) is 0 Å². The third kappa shape index (κ3) is 4.49. The minimum absolute atomic E-state index is 0.115. The van der Waals surface area contributed by atoms with Crippen LogP contribution in [0.5, 0.6) is 5.75 Å². The molecule has 1 aromatic carbocycles. The van der Waals surface area contributed by atoms with Crippen molar-refractivity contribution in [1.29, 1.82) is 0 Å². The van der Waals surface area contributed by atoms with Crippen LogP contribution >= 0.6 is 15.9 Å². The lowest BCUT2D eigenvalue weighted by atomic mass is 10.1. The molecule has 5 heteroatoms. The molecule has 0 heterocycles. The molecule has 0 atom stereocenters. The standard InChI is InChI=1S/C15H23BrN2O2/c1-5-18(6-2)14(19)10-17(4)9-12-8-13(16)7-11(3)15(12)20/h7-8,20H,5-6,9-10H2,1-4H3. The molecule has 112 valence electrons. The molecule has 1 amide bonds. The van der Waals surface area contributed by atoms with Crippen LogP contribution in [0.2, 0.25) is 0 Å². The number of hydrogen-bond donors (Lipinski definition) is 1. The van der Waals surface area contributed by atoms with Gasteiger partial charge in [0.2, 0.25) is 5.91 Å². The summed E-state index contributed by atoms with van der Waals surface area (Å²) in [7, 11) is 1.89. The summed E-state index contributed by atoms with van der Waals surface area (Å²) in [5, 5.41) is 10.1. The van der Waals surface area contributed by atoms with Gasteiger partial charge < -0.3 is 10.0 Å². The van der Waals surface area contributed by atoms with Crippen LogP contribution in [0.4, 0.5) is 0 Å². The summed E-state index contributed by atoms with van der Waals surface area (Å²) in [4.78, 5) is 15.8. The Bertz CT molecular complexity index is 473. The Labute approximate surface area is 129 Å². The van der Waals surface area contributed by atoms with E-state index in [1.807, 2.05) is 49.8 Å². The first-order chi connectivity index (χ1) is 9.38. The van der Waals surface area contributed by atoms with Gasteiger partial charge in [-0.15, -0.1) is 0 Å². The Kier molecular flexibility index (Phi) is 6.49. The van der Waals surface area contributed by atoms with Crippen LogP contribution in [0.25, 0.3) is 0 Å². The van der Waals surface area contributed by atoms with Crippen LogP contribution in [0, 0.1) is 6.92 Å². The van der Waals surface area contributed by atoms with Crippen LogP contribution in [-0.2, 0) is 11.3 Å². The van der Waals surface area contributed by atoms with E-state index in [9.17, 15) is 9.90 Å². The van der Waals surface area contributed by atoms with Gasteiger partial charge in [-0.05, 0) is 45.5 Å². The number of likely N-dealkylation sites (N-methyl/N-ethyl adjacent to an activating group) is 2. The lowest BCUT2D eigenvalue weighted by Gasteiger charge is -2.23. The smallest absolute Gasteiger partial charge is 0.236 e. The molecule has 0 aliphatic rings. The molecule has 0 unspecified atom stereocenters. The van der Waals surface area contributed by atoms with Crippen molar-refractivity contribution in [3.8, 4) is 5.75 Å². The molecule has 0 aromatic heterocycles. The highest BCUT2D eigenvalue weighted by Gasteiger charge is 2.14. The second-order valence-corrected chi connectivity index (χ2v) is 5.88. The fourth-order valence-electron chi connectivity index (χ4n) is 2.18. The van der Waals surface area contributed by atoms with Crippen molar-refractivity contribution in [1.82, 2.24) is 9.80 Å². The summed E-state index contributed by atoms with van der Waals surface area (Å²) in [6.45, 7) is 8.17. The Balaban J connectivity index is 2.72. The summed E-state index contributed by atoms with van der Waals surface area (Å²) in [5.74, 6) is 0.416. The average Bonchev–Trinajstić information content (AvgIpc) is 2.36. The number of benzene rings is 1. The molecule has 0 spiro atoms. The number of aryl methyl sites for hydroxylation is 1. The van der Waals surface area contributed by atoms with E-state index in [-0.39, 0.29) is 5.91 Å². The van der Waals surface area contributed by atoms with Gasteiger partial charge in [0.05, 0.1) is 6.54 Å². The van der Waals surface area contributed by atoms with Crippen LogP contribution in [0.1, 0.15) is 25.0 Å². The molecule has 0 saturated carbocycles. The molecule has 0 saturated heterocycles. The number of nitrogens with zero attached hydrogens (tertiary/aromatic N) is 2. The number of amides is 1. The predicted molar refractivity (Wildman–Crippen MR) is 84.8 cm³/mol. The topological polar surface area (TPSA) is 43.8 Å². The summed E-state index contributed by atoms with van der Waals surface area (Å²) < 4.78 is 0.936. The first-order valence-corrected chi connectivity index (χ1v) is 7.62. The van der Waals surface area contributed by atoms with Crippen molar-refractivity contribution in [3.63, 3.8) is 0 Å². The second kappa shape index (κ2) is 7.64. The van der Waals surface area contributed by atoms with Gasteiger partial charge in [0.25, 0.3) is 0 Å². The number of aromatic hydroxyl groups is 1. The van der Waals surface area contributed by atoms with E-state index < -0.39 is 0 Å².